The molecule has 1 amide bonds. The zero-order valence-electron chi connectivity index (χ0n) is 8.28. The second kappa shape index (κ2) is 4.14. The lowest BCUT2D eigenvalue weighted by atomic mass is 10.2. The molecule has 0 aromatic heterocycles. The van der Waals surface area contributed by atoms with Gasteiger partial charge in [-0.25, -0.2) is 4.79 Å². The molecule has 2 fully saturated rings. The first kappa shape index (κ1) is 9.73. The maximum atomic E-state index is 10.7. The molecule has 2 saturated heterocycles. The third-order valence-corrected chi connectivity index (χ3v) is 3.10. The van der Waals surface area contributed by atoms with Crippen molar-refractivity contribution in [2.24, 2.45) is 0 Å². The normalized spacial score (nSPS) is 29.4. The van der Waals surface area contributed by atoms with E-state index >= 15 is 0 Å². The van der Waals surface area contributed by atoms with Crippen molar-refractivity contribution in [3.05, 3.63) is 0 Å². The van der Waals surface area contributed by atoms with Gasteiger partial charge >= 0.3 is 6.09 Å². The van der Waals surface area contributed by atoms with Crippen molar-refractivity contribution < 1.29 is 9.90 Å². The number of hydrogen-bond acceptors (Lipinski definition) is 3. The Bertz CT molecular complexity index is 216. The number of amides is 1. The topological polar surface area (TPSA) is 55.8 Å². The molecule has 0 unspecified atom stereocenters. The third-order valence-electron chi connectivity index (χ3n) is 3.10. The quantitative estimate of drug-likeness (QED) is 0.606. The lowest BCUT2D eigenvalue weighted by Crippen LogP contribution is -2.49. The molecule has 0 spiro atoms. The zero-order chi connectivity index (χ0) is 9.97. The SMILES string of the molecule is O=C(O)N1CC[C@@H](N2CCNCC2)C1. The van der Waals surface area contributed by atoms with Crippen LogP contribution < -0.4 is 5.32 Å². The van der Waals surface area contributed by atoms with E-state index in [1.54, 1.807) is 0 Å². The number of hydrogen-bond donors (Lipinski definition) is 2. The fourth-order valence-corrected chi connectivity index (χ4v) is 2.26. The molecule has 2 aliphatic rings. The fourth-order valence-electron chi connectivity index (χ4n) is 2.26. The highest BCUT2D eigenvalue weighted by Gasteiger charge is 2.30. The number of piperazine rings is 1. The molecule has 2 heterocycles. The number of likely N-dealkylation sites (tertiary alicyclic amines) is 1. The molecule has 5 heteroatoms. The standard InChI is InChI=1S/C9H17N3O2/c13-9(14)12-4-1-8(7-12)11-5-2-10-3-6-11/h8,10H,1-7H2,(H,13,14)/t8-/m1/s1. The summed E-state index contributed by atoms with van der Waals surface area (Å²) in [6.07, 6.45) is 0.217. The summed E-state index contributed by atoms with van der Waals surface area (Å²) in [7, 11) is 0. The van der Waals surface area contributed by atoms with Crippen molar-refractivity contribution in [2.75, 3.05) is 39.3 Å². The largest absolute Gasteiger partial charge is 0.465 e. The Morgan fingerprint density at radius 3 is 2.57 bits per heavy atom. The van der Waals surface area contributed by atoms with E-state index in [-0.39, 0.29) is 0 Å². The van der Waals surface area contributed by atoms with Crippen LogP contribution in [0.4, 0.5) is 4.79 Å². The van der Waals surface area contributed by atoms with Gasteiger partial charge in [-0.2, -0.15) is 0 Å². The van der Waals surface area contributed by atoms with Gasteiger partial charge in [0.25, 0.3) is 0 Å². The summed E-state index contributed by atoms with van der Waals surface area (Å²) >= 11 is 0. The van der Waals surface area contributed by atoms with Gasteiger partial charge < -0.3 is 15.3 Å². The van der Waals surface area contributed by atoms with Crippen LogP contribution in [-0.2, 0) is 0 Å². The zero-order valence-corrected chi connectivity index (χ0v) is 8.28. The number of nitrogens with zero attached hydrogens (tertiary/aromatic N) is 2. The molecule has 14 heavy (non-hydrogen) atoms. The van der Waals surface area contributed by atoms with Crippen LogP contribution in [0.5, 0.6) is 0 Å². The summed E-state index contributed by atoms with van der Waals surface area (Å²) in [4.78, 5) is 14.6. The molecular formula is C9H17N3O2. The van der Waals surface area contributed by atoms with Gasteiger partial charge in [-0.3, -0.25) is 4.90 Å². The summed E-state index contributed by atoms with van der Waals surface area (Å²) in [5, 5.41) is 12.1. The van der Waals surface area contributed by atoms with E-state index in [0.29, 0.717) is 19.1 Å². The molecule has 2 rings (SSSR count). The van der Waals surface area contributed by atoms with Gasteiger partial charge in [0.15, 0.2) is 0 Å². The first-order valence-electron chi connectivity index (χ1n) is 5.20. The molecule has 0 aromatic carbocycles. The summed E-state index contributed by atoms with van der Waals surface area (Å²) < 4.78 is 0. The van der Waals surface area contributed by atoms with Crippen LogP contribution >= 0.6 is 0 Å². The van der Waals surface area contributed by atoms with Crippen molar-refractivity contribution >= 4 is 6.09 Å². The summed E-state index contributed by atoms with van der Waals surface area (Å²) in [5.74, 6) is 0. The highest BCUT2D eigenvalue weighted by atomic mass is 16.4. The molecular weight excluding hydrogens is 182 g/mol. The van der Waals surface area contributed by atoms with Crippen molar-refractivity contribution in [3.8, 4) is 0 Å². The van der Waals surface area contributed by atoms with Gasteiger partial charge in [0.05, 0.1) is 0 Å². The Balaban J connectivity index is 1.85. The first-order valence-corrected chi connectivity index (χ1v) is 5.20. The Hall–Kier alpha value is -0.810. The molecule has 0 aromatic rings. The van der Waals surface area contributed by atoms with Crippen LogP contribution in [0, 0.1) is 0 Å². The number of nitrogens with one attached hydrogen (secondary N) is 1. The fraction of sp³-hybridized carbons (Fsp3) is 0.889. The Morgan fingerprint density at radius 2 is 2.00 bits per heavy atom. The van der Waals surface area contributed by atoms with Crippen LogP contribution in [-0.4, -0.2) is 66.3 Å². The lowest BCUT2D eigenvalue weighted by molar-refractivity contribution is 0.142. The van der Waals surface area contributed by atoms with Crippen LogP contribution in [0.25, 0.3) is 0 Å². The Labute approximate surface area is 83.7 Å². The Kier molecular flexibility index (Phi) is 2.88. The van der Waals surface area contributed by atoms with E-state index in [9.17, 15) is 4.79 Å². The van der Waals surface area contributed by atoms with Gasteiger partial charge in [-0.1, -0.05) is 0 Å². The van der Waals surface area contributed by atoms with Gasteiger partial charge in [0.2, 0.25) is 0 Å². The monoisotopic (exact) mass is 199 g/mol. The molecule has 0 aliphatic carbocycles. The van der Waals surface area contributed by atoms with Crippen molar-refractivity contribution in [1.29, 1.82) is 0 Å². The highest BCUT2D eigenvalue weighted by Crippen LogP contribution is 2.15. The molecule has 0 bridgehead atoms. The minimum atomic E-state index is -0.775. The molecule has 80 valence electrons. The highest BCUT2D eigenvalue weighted by molar-refractivity contribution is 5.65. The summed E-state index contributed by atoms with van der Waals surface area (Å²) in [5.41, 5.74) is 0. The van der Waals surface area contributed by atoms with Crippen LogP contribution in [0.2, 0.25) is 0 Å². The lowest BCUT2D eigenvalue weighted by Gasteiger charge is -2.32. The van der Waals surface area contributed by atoms with Crippen molar-refractivity contribution in [1.82, 2.24) is 15.1 Å². The van der Waals surface area contributed by atoms with Gasteiger partial charge in [0.1, 0.15) is 0 Å². The summed E-state index contributed by atoms with van der Waals surface area (Å²) in [6, 6.07) is 0.452. The number of rotatable bonds is 1. The van der Waals surface area contributed by atoms with Crippen molar-refractivity contribution in [2.45, 2.75) is 12.5 Å². The minimum absolute atomic E-state index is 0.452. The third kappa shape index (κ3) is 1.99. The van der Waals surface area contributed by atoms with Gasteiger partial charge in [-0.05, 0) is 6.42 Å². The van der Waals surface area contributed by atoms with Crippen LogP contribution in [0.3, 0.4) is 0 Å². The average molecular weight is 199 g/mol. The second-order valence-corrected chi connectivity index (χ2v) is 3.96. The first-order chi connectivity index (χ1) is 6.77. The number of carbonyl (C=O) groups is 1. The second-order valence-electron chi connectivity index (χ2n) is 3.96. The van der Waals surface area contributed by atoms with E-state index in [0.717, 1.165) is 32.6 Å². The maximum Gasteiger partial charge on any atom is 0.407 e. The van der Waals surface area contributed by atoms with Crippen LogP contribution in [0.1, 0.15) is 6.42 Å². The van der Waals surface area contributed by atoms with E-state index < -0.39 is 6.09 Å². The van der Waals surface area contributed by atoms with Gasteiger partial charge in [-0.15, -0.1) is 0 Å². The molecule has 2 aliphatic heterocycles. The van der Waals surface area contributed by atoms with Gasteiger partial charge in [0, 0.05) is 45.3 Å². The van der Waals surface area contributed by atoms with E-state index in [1.165, 1.54) is 4.90 Å². The smallest absolute Gasteiger partial charge is 0.407 e. The molecule has 5 nitrogen and oxygen atoms in total. The summed E-state index contributed by atoms with van der Waals surface area (Å²) in [6.45, 7) is 5.56. The maximum absolute atomic E-state index is 10.7. The Morgan fingerprint density at radius 1 is 1.29 bits per heavy atom. The van der Waals surface area contributed by atoms with E-state index in [1.807, 2.05) is 0 Å². The molecule has 0 radical (unpaired) electrons. The molecule has 0 saturated carbocycles. The molecule has 1 atom stereocenters. The van der Waals surface area contributed by atoms with Crippen molar-refractivity contribution in [3.63, 3.8) is 0 Å². The van der Waals surface area contributed by atoms with E-state index in [2.05, 4.69) is 10.2 Å². The van der Waals surface area contributed by atoms with E-state index in [4.69, 9.17) is 5.11 Å². The predicted molar refractivity (Wildman–Crippen MR) is 52.4 cm³/mol. The molecule has 2 N–H and O–H groups in total. The number of carboxylic acid groups (broad SMARTS) is 1. The van der Waals surface area contributed by atoms with Crippen LogP contribution in [0.15, 0.2) is 0 Å². The minimum Gasteiger partial charge on any atom is -0.465 e. The predicted octanol–water partition coefficient (Wildman–Crippen LogP) is -0.356. The average Bonchev–Trinajstić information content (AvgIpc) is 2.68.